The van der Waals surface area contributed by atoms with E-state index in [1.807, 2.05) is 0 Å². The van der Waals surface area contributed by atoms with Crippen LogP contribution in [0.2, 0.25) is 36.3 Å². The summed E-state index contributed by atoms with van der Waals surface area (Å²) < 4.78 is 13.5. The average Bonchev–Trinajstić information content (AvgIpc) is 2.66. The summed E-state index contributed by atoms with van der Waals surface area (Å²) in [5.41, 5.74) is 0. The van der Waals surface area contributed by atoms with Gasteiger partial charge in [0.2, 0.25) is 0 Å². The molecule has 0 aromatic rings. The van der Waals surface area contributed by atoms with Crippen molar-refractivity contribution >= 4 is 22.6 Å². The molecule has 0 unspecified atom stereocenters. The molecule has 0 radical (unpaired) electrons. The molecule has 0 aliphatic heterocycles. The Morgan fingerprint density at radius 2 is 1.12 bits per heavy atom. The first-order chi connectivity index (χ1) is 15.4. The van der Waals surface area contributed by atoms with Crippen LogP contribution >= 0.6 is 0 Å². The Bertz CT molecular complexity index is 648. The van der Waals surface area contributed by atoms with Gasteiger partial charge in [0, 0.05) is 6.42 Å². The molecule has 0 aliphatic rings. The summed E-state index contributed by atoms with van der Waals surface area (Å²) in [7, 11) is -3.83. The normalized spacial score (nSPS) is 14.9. The lowest BCUT2D eigenvalue weighted by atomic mass is 10.1. The molecule has 0 saturated heterocycles. The molecule has 0 spiro atoms. The van der Waals surface area contributed by atoms with E-state index in [0.717, 1.165) is 57.8 Å². The second-order valence-electron chi connectivity index (χ2n) is 12.9. The quantitative estimate of drug-likeness (QED) is 0.135. The van der Waals surface area contributed by atoms with Crippen LogP contribution in [0.5, 0.6) is 0 Å². The number of carboxylic acids is 1. The lowest BCUT2D eigenvalue weighted by Crippen LogP contribution is -2.44. The minimum Gasteiger partial charge on any atom is -0.481 e. The molecule has 0 aliphatic carbocycles. The number of carboxylic acid groups (broad SMARTS) is 1. The van der Waals surface area contributed by atoms with Crippen LogP contribution in [0.4, 0.5) is 0 Å². The molecule has 1 N–H and O–H groups in total. The number of hydrogen-bond acceptors (Lipinski definition) is 3. The molecule has 0 heterocycles. The van der Waals surface area contributed by atoms with Gasteiger partial charge in [-0.25, -0.2) is 0 Å². The highest BCUT2D eigenvalue weighted by atomic mass is 28.4. The highest BCUT2D eigenvalue weighted by Crippen LogP contribution is 2.39. The predicted molar refractivity (Wildman–Crippen MR) is 151 cm³/mol. The zero-order chi connectivity index (χ0) is 26.6. The molecule has 4 nitrogen and oxygen atoms in total. The van der Waals surface area contributed by atoms with Gasteiger partial charge in [0.1, 0.15) is 12.2 Å². The third kappa shape index (κ3) is 13.5. The van der Waals surface area contributed by atoms with Gasteiger partial charge in [-0.2, -0.15) is 0 Å². The second kappa shape index (κ2) is 14.8. The number of hydrogen-bond donors (Lipinski definition) is 1. The number of aliphatic carboxylic acids is 1. The van der Waals surface area contributed by atoms with E-state index in [9.17, 15) is 4.79 Å². The lowest BCUT2D eigenvalue weighted by molar-refractivity contribution is -0.137. The third-order valence-corrected chi connectivity index (χ3v) is 16.5. The van der Waals surface area contributed by atoms with Crippen molar-refractivity contribution < 1.29 is 18.8 Å². The first-order valence-electron chi connectivity index (χ1n) is 13.5. The van der Waals surface area contributed by atoms with E-state index in [0.29, 0.717) is 0 Å². The van der Waals surface area contributed by atoms with Gasteiger partial charge < -0.3 is 14.0 Å². The first-order valence-corrected chi connectivity index (χ1v) is 19.3. The summed E-state index contributed by atoms with van der Waals surface area (Å²) in [6.07, 6.45) is 9.33. The lowest BCUT2D eigenvalue weighted by Gasteiger charge is -2.39. The van der Waals surface area contributed by atoms with E-state index >= 15 is 0 Å². The van der Waals surface area contributed by atoms with Gasteiger partial charge in [0.25, 0.3) is 0 Å². The monoisotopic (exact) mass is 512 g/mol. The number of rotatable bonds is 15. The Balaban J connectivity index is 5.39. The van der Waals surface area contributed by atoms with Gasteiger partial charge in [-0.3, -0.25) is 4.79 Å². The minimum atomic E-state index is -1.94. The summed E-state index contributed by atoms with van der Waals surface area (Å²) in [5.74, 6) is 6.36. The molecule has 200 valence electrons. The summed E-state index contributed by atoms with van der Waals surface area (Å²) in [5, 5.41) is 9.11. The molecule has 0 saturated carbocycles. The van der Waals surface area contributed by atoms with Crippen molar-refractivity contribution in [2.45, 2.75) is 161 Å². The van der Waals surface area contributed by atoms with E-state index in [2.05, 4.69) is 86.5 Å². The Hall–Kier alpha value is -0.616. The van der Waals surface area contributed by atoms with Crippen molar-refractivity contribution in [2.24, 2.45) is 0 Å². The van der Waals surface area contributed by atoms with Crippen LogP contribution in [0.1, 0.15) is 113 Å². The predicted octanol–water partition coefficient (Wildman–Crippen LogP) is 8.78. The maximum absolute atomic E-state index is 10.7. The largest absolute Gasteiger partial charge is 0.481 e. The van der Waals surface area contributed by atoms with E-state index in [-0.39, 0.29) is 28.7 Å². The summed E-state index contributed by atoms with van der Waals surface area (Å²) in [4.78, 5) is 10.7. The van der Waals surface area contributed by atoms with Gasteiger partial charge in [-0.1, -0.05) is 92.4 Å². The van der Waals surface area contributed by atoms with Gasteiger partial charge >= 0.3 is 5.97 Å². The molecule has 0 amide bonds. The number of unbranched alkanes of at least 4 members (excludes halogenated alkanes) is 5. The van der Waals surface area contributed by atoms with Crippen molar-refractivity contribution in [3.8, 4) is 11.8 Å². The maximum Gasteiger partial charge on any atom is 0.303 e. The molecular formula is C28H56O4Si2. The Labute approximate surface area is 214 Å². The maximum atomic E-state index is 10.7. The molecule has 0 aromatic heterocycles. The molecule has 0 bridgehead atoms. The van der Waals surface area contributed by atoms with Gasteiger partial charge in [0.05, 0.1) is 0 Å². The van der Waals surface area contributed by atoms with Crippen LogP contribution in [0.3, 0.4) is 0 Å². The standard InChI is InChI=1S/C28H56O4Si2/c1-12-13-19-24(31-33(8,9)27(2,3)4)22-23-25(32-34(10,11)28(5,6)7)20-17-15-14-16-18-21-26(29)30/h24-25H,12-21H2,1-11H3,(H,29,30)/t24-,25+/m1/s1. The van der Waals surface area contributed by atoms with Gasteiger partial charge in [0.15, 0.2) is 16.6 Å². The fraction of sp³-hybridized carbons (Fsp3) is 0.893. The van der Waals surface area contributed by atoms with Gasteiger partial charge in [-0.15, -0.1) is 0 Å². The summed E-state index contributed by atoms with van der Waals surface area (Å²) >= 11 is 0. The Kier molecular flexibility index (Phi) is 14.6. The average molecular weight is 513 g/mol. The SMILES string of the molecule is CCCC[C@H](C#C[C@H](CCCCCCCC(=O)O)O[Si](C)(C)C(C)(C)C)O[Si](C)(C)C(C)(C)C. The van der Waals surface area contributed by atoms with Crippen molar-refractivity contribution in [1.82, 2.24) is 0 Å². The van der Waals surface area contributed by atoms with E-state index in [4.69, 9.17) is 14.0 Å². The molecule has 0 fully saturated rings. The summed E-state index contributed by atoms with van der Waals surface area (Å²) in [6, 6.07) is 0. The fourth-order valence-corrected chi connectivity index (χ4v) is 5.58. The fourth-order valence-electron chi connectivity index (χ4n) is 3.10. The highest BCUT2D eigenvalue weighted by molar-refractivity contribution is 6.74. The molecule has 6 heteroatoms. The number of carbonyl (C=O) groups is 1. The van der Waals surface area contributed by atoms with E-state index < -0.39 is 22.6 Å². The minimum absolute atomic E-state index is 0.0256. The van der Waals surface area contributed by atoms with Crippen molar-refractivity contribution in [2.75, 3.05) is 0 Å². The second-order valence-corrected chi connectivity index (χ2v) is 22.4. The molecule has 0 aromatic carbocycles. The Morgan fingerprint density at radius 1 is 0.735 bits per heavy atom. The topological polar surface area (TPSA) is 55.8 Å². The molecular weight excluding hydrogens is 456 g/mol. The highest BCUT2D eigenvalue weighted by Gasteiger charge is 2.40. The van der Waals surface area contributed by atoms with Crippen LogP contribution in [0.25, 0.3) is 0 Å². The van der Waals surface area contributed by atoms with Crippen molar-refractivity contribution in [3.05, 3.63) is 0 Å². The molecule has 34 heavy (non-hydrogen) atoms. The van der Waals surface area contributed by atoms with Crippen LogP contribution in [0.15, 0.2) is 0 Å². The molecule has 2 atom stereocenters. The van der Waals surface area contributed by atoms with Crippen molar-refractivity contribution in [1.29, 1.82) is 0 Å². The smallest absolute Gasteiger partial charge is 0.303 e. The summed E-state index contributed by atoms with van der Waals surface area (Å²) in [6.45, 7) is 25.1. The van der Waals surface area contributed by atoms with Gasteiger partial charge in [-0.05, 0) is 61.9 Å². The van der Waals surface area contributed by atoms with Crippen LogP contribution in [-0.4, -0.2) is 39.9 Å². The molecule has 0 rings (SSSR count). The van der Waals surface area contributed by atoms with Crippen LogP contribution in [-0.2, 0) is 13.6 Å². The zero-order valence-electron chi connectivity index (χ0n) is 24.4. The van der Waals surface area contributed by atoms with Crippen molar-refractivity contribution in [3.63, 3.8) is 0 Å². The Morgan fingerprint density at radius 3 is 1.50 bits per heavy atom. The first kappa shape index (κ1) is 33.4. The third-order valence-electron chi connectivity index (χ3n) is 7.57. The zero-order valence-corrected chi connectivity index (χ0v) is 26.4. The van der Waals surface area contributed by atoms with E-state index in [1.165, 1.54) is 0 Å². The van der Waals surface area contributed by atoms with Crippen LogP contribution < -0.4 is 0 Å². The van der Waals surface area contributed by atoms with E-state index in [1.54, 1.807) is 0 Å². The van der Waals surface area contributed by atoms with Crippen LogP contribution in [0, 0.1) is 11.8 Å².